The number of ether oxygens (including phenoxy) is 1. The molecule has 3 amide bonds. The average molecular weight is 355 g/mol. The Morgan fingerprint density at radius 2 is 1.84 bits per heavy atom. The first-order valence-corrected chi connectivity index (χ1v) is 8.89. The second-order valence-electron chi connectivity index (χ2n) is 8.28. The number of carbonyl (C=O) groups is 3. The summed E-state index contributed by atoms with van der Waals surface area (Å²) in [7, 11) is 3.46. The molecule has 0 aromatic carbocycles. The van der Waals surface area contributed by atoms with Gasteiger partial charge < -0.3 is 19.9 Å². The molecule has 0 unspecified atom stereocenters. The summed E-state index contributed by atoms with van der Waals surface area (Å²) in [6, 6.07) is -0.0114. The summed E-state index contributed by atoms with van der Waals surface area (Å²) in [5.74, 6) is -1.55. The van der Waals surface area contributed by atoms with Gasteiger partial charge in [0, 0.05) is 33.7 Å². The van der Waals surface area contributed by atoms with Crippen LogP contribution in [0.4, 0.5) is 4.79 Å². The third-order valence-electron chi connectivity index (χ3n) is 4.11. The van der Waals surface area contributed by atoms with Crippen LogP contribution >= 0.6 is 0 Å². The molecular weight excluding hydrogens is 322 g/mol. The molecule has 1 N–H and O–H groups in total. The van der Waals surface area contributed by atoms with Crippen molar-refractivity contribution in [3.8, 4) is 0 Å². The molecule has 144 valence electrons. The zero-order valence-corrected chi connectivity index (χ0v) is 16.6. The van der Waals surface area contributed by atoms with Gasteiger partial charge in [-0.1, -0.05) is 13.8 Å². The van der Waals surface area contributed by atoms with Crippen molar-refractivity contribution in [2.45, 2.75) is 46.6 Å². The predicted octanol–water partition coefficient (Wildman–Crippen LogP) is 1.72. The summed E-state index contributed by atoms with van der Waals surface area (Å²) >= 11 is 0. The SMILES string of the molecule is CC(C)[C@@H](C(=O)NC[C@@H]1CCN(C(=O)N(C)C)C1)C(=O)OC(C)(C)C. The summed E-state index contributed by atoms with van der Waals surface area (Å²) < 4.78 is 5.37. The van der Waals surface area contributed by atoms with Gasteiger partial charge >= 0.3 is 12.0 Å². The van der Waals surface area contributed by atoms with E-state index in [1.165, 1.54) is 0 Å². The highest BCUT2D eigenvalue weighted by Crippen LogP contribution is 2.20. The largest absolute Gasteiger partial charge is 0.459 e. The second kappa shape index (κ2) is 8.54. The number of rotatable bonds is 5. The Bertz CT molecular complexity index is 497. The Kier molecular flexibility index (Phi) is 7.26. The summed E-state index contributed by atoms with van der Waals surface area (Å²) in [6.45, 7) is 10.8. The number of esters is 1. The van der Waals surface area contributed by atoms with E-state index in [0.29, 0.717) is 19.6 Å². The minimum absolute atomic E-state index is 0.0114. The van der Waals surface area contributed by atoms with E-state index in [1.54, 1.807) is 44.7 Å². The van der Waals surface area contributed by atoms with Gasteiger partial charge in [-0.2, -0.15) is 0 Å². The van der Waals surface area contributed by atoms with Crippen LogP contribution in [0.3, 0.4) is 0 Å². The summed E-state index contributed by atoms with van der Waals surface area (Å²) in [5.41, 5.74) is -0.622. The van der Waals surface area contributed by atoms with Crippen molar-refractivity contribution in [1.29, 1.82) is 0 Å². The molecule has 7 nitrogen and oxygen atoms in total. The summed E-state index contributed by atoms with van der Waals surface area (Å²) in [6.07, 6.45) is 0.846. The van der Waals surface area contributed by atoms with Gasteiger partial charge in [-0.3, -0.25) is 9.59 Å². The highest BCUT2D eigenvalue weighted by molar-refractivity contribution is 5.98. The monoisotopic (exact) mass is 355 g/mol. The van der Waals surface area contributed by atoms with Gasteiger partial charge in [0.25, 0.3) is 0 Å². The first-order valence-electron chi connectivity index (χ1n) is 8.89. The fourth-order valence-corrected chi connectivity index (χ4v) is 2.86. The number of hydrogen-bond acceptors (Lipinski definition) is 4. The van der Waals surface area contributed by atoms with Crippen molar-refractivity contribution < 1.29 is 19.1 Å². The van der Waals surface area contributed by atoms with Crippen molar-refractivity contribution in [3.05, 3.63) is 0 Å². The van der Waals surface area contributed by atoms with E-state index in [-0.39, 0.29) is 23.8 Å². The molecule has 1 heterocycles. The Morgan fingerprint density at radius 1 is 1.24 bits per heavy atom. The van der Waals surface area contributed by atoms with E-state index >= 15 is 0 Å². The van der Waals surface area contributed by atoms with Crippen LogP contribution in [-0.4, -0.2) is 67.0 Å². The number of urea groups is 1. The van der Waals surface area contributed by atoms with Gasteiger partial charge in [-0.25, -0.2) is 4.79 Å². The van der Waals surface area contributed by atoms with Gasteiger partial charge in [0.15, 0.2) is 0 Å². The van der Waals surface area contributed by atoms with E-state index in [1.807, 2.05) is 13.8 Å². The van der Waals surface area contributed by atoms with Crippen LogP contribution in [0.15, 0.2) is 0 Å². The van der Waals surface area contributed by atoms with E-state index in [4.69, 9.17) is 4.74 Å². The summed E-state index contributed by atoms with van der Waals surface area (Å²) in [5, 5.41) is 2.87. The molecule has 1 aliphatic rings. The van der Waals surface area contributed by atoms with Gasteiger partial charge in [0.05, 0.1) is 0 Å². The first-order chi connectivity index (χ1) is 11.4. The lowest BCUT2D eigenvalue weighted by atomic mass is 9.94. The van der Waals surface area contributed by atoms with E-state index in [0.717, 1.165) is 6.42 Å². The maximum atomic E-state index is 12.5. The molecule has 1 aliphatic heterocycles. The molecule has 0 aromatic rings. The molecule has 1 saturated heterocycles. The van der Waals surface area contributed by atoms with Crippen LogP contribution < -0.4 is 5.32 Å². The third-order valence-corrected chi connectivity index (χ3v) is 4.11. The van der Waals surface area contributed by atoms with Crippen LogP contribution in [0, 0.1) is 17.8 Å². The molecule has 0 radical (unpaired) electrons. The van der Waals surface area contributed by atoms with Crippen LogP contribution in [-0.2, 0) is 14.3 Å². The fraction of sp³-hybridized carbons (Fsp3) is 0.833. The molecule has 0 aliphatic carbocycles. The van der Waals surface area contributed by atoms with Gasteiger partial charge in [0.2, 0.25) is 5.91 Å². The molecule has 0 aromatic heterocycles. The zero-order valence-electron chi connectivity index (χ0n) is 16.6. The molecule has 0 saturated carbocycles. The van der Waals surface area contributed by atoms with Crippen molar-refractivity contribution in [2.24, 2.45) is 17.8 Å². The van der Waals surface area contributed by atoms with Gasteiger partial charge in [0.1, 0.15) is 11.5 Å². The Balaban J connectivity index is 2.56. The number of likely N-dealkylation sites (tertiary alicyclic amines) is 1. The fourth-order valence-electron chi connectivity index (χ4n) is 2.86. The number of hydrogen-bond donors (Lipinski definition) is 1. The minimum Gasteiger partial charge on any atom is -0.459 e. The molecule has 1 rings (SSSR count). The Hall–Kier alpha value is -1.79. The smallest absolute Gasteiger partial charge is 0.319 e. The highest BCUT2D eigenvalue weighted by Gasteiger charge is 2.35. The van der Waals surface area contributed by atoms with E-state index < -0.39 is 17.5 Å². The maximum Gasteiger partial charge on any atom is 0.319 e. The van der Waals surface area contributed by atoms with Crippen LogP contribution in [0.1, 0.15) is 41.0 Å². The average Bonchev–Trinajstić information content (AvgIpc) is 2.90. The number of nitrogens with zero attached hydrogens (tertiary/aromatic N) is 2. The quantitative estimate of drug-likeness (QED) is 0.602. The topological polar surface area (TPSA) is 79.0 Å². The Labute approximate surface area is 151 Å². The number of carbonyl (C=O) groups excluding carboxylic acids is 3. The minimum atomic E-state index is -0.819. The lowest BCUT2D eigenvalue weighted by molar-refractivity contribution is -0.164. The molecular formula is C18H33N3O4. The van der Waals surface area contributed by atoms with E-state index in [9.17, 15) is 14.4 Å². The number of amides is 3. The van der Waals surface area contributed by atoms with Crippen LogP contribution in [0.5, 0.6) is 0 Å². The molecule has 1 fully saturated rings. The lowest BCUT2D eigenvalue weighted by Crippen LogP contribution is -2.43. The maximum absolute atomic E-state index is 12.5. The second-order valence-corrected chi connectivity index (χ2v) is 8.28. The molecule has 7 heteroatoms. The van der Waals surface area contributed by atoms with Crippen molar-refractivity contribution in [3.63, 3.8) is 0 Å². The molecule has 2 atom stereocenters. The molecule has 0 spiro atoms. The Morgan fingerprint density at radius 3 is 2.32 bits per heavy atom. The first kappa shape index (κ1) is 21.3. The molecule has 25 heavy (non-hydrogen) atoms. The van der Waals surface area contributed by atoms with Gasteiger partial charge in [-0.15, -0.1) is 0 Å². The van der Waals surface area contributed by atoms with E-state index in [2.05, 4.69) is 5.32 Å². The number of nitrogens with one attached hydrogen (secondary N) is 1. The summed E-state index contributed by atoms with van der Waals surface area (Å²) in [4.78, 5) is 40.1. The van der Waals surface area contributed by atoms with Crippen molar-refractivity contribution in [2.75, 3.05) is 33.7 Å². The van der Waals surface area contributed by atoms with Crippen LogP contribution in [0.25, 0.3) is 0 Å². The third kappa shape index (κ3) is 6.55. The lowest BCUT2D eigenvalue weighted by Gasteiger charge is -2.26. The molecule has 0 bridgehead atoms. The predicted molar refractivity (Wildman–Crippen MR) is 95.9 cm³/mol. The highest BCUT2D eigenvalue weighted by atomic mass is 16.6. The van der Waals surface area contributed by atoms with Crippen molar-refractivity contribution in [1.82, 2.24) is 15.1 Å². The van der Waals surface area contributed by atoms with Gasteiger partial charge in [-0.05, 0) is 39.0 Å². The normalized spacial score (nSPS) is 18.9. The zero-order chi connectivity index (χ0) is 19.4. The standard InChI is InChI=1S/C18H33N3O4/c1-12(2)14(16(23)25-18(3,4)5)15(22)19-10-13-8-9-21(11-13)17(24)20(6)7/h12-14H,8-11H2,1-7H3,(H,19,22)/t13-,14-/m0/s1. The van der Waals surface area contributed by atoms with Crippen molar-refractivity contribution >= 4 is 17.9 Å². The van der Waals surface area contributed by atoms with Crippen LogP contribution in [0.2, 0.25) is 0 Å².